The zero-order valence-electron chi connectivity index (χ0n) is 25.3. The van der Waals surface area contributed by atoms with Gasteiger partial charge in [-0.05, 0) is 91.2 Å². The van der Waals surface area contributed by atoms with Crippen LogP contribution in [-0.2, 0) is 31.7 Å². The van der Waals surface area contributed by atoms with Crippen molar-refractivity contribution in [3.63, 3.8) is 0 Å². The highest BCUT2D eigenvalue weighted by atomic mass is 28.4. The van der Waals surface area contributed by atoms with Gasteiger partial charge in [-0.2, -0.15) is 0 Å². The fourth-order valence-corrected chi connectivity index (χ4v) is 9.45. The predicted molar refractivity (Wildman–Crippen MR) is 155 cm³/mol. The second kappa shape index (κ2) is 12.5. The van der Waals surface area contributed by atoms with Crippen LogP contribution in [0.3, 0.4) is 0 Å². The number of carbonyl (C=O) groups is 2. The number of benzene rings is 1. The summed E-state index contributed by atoms with van der Waals surface area (Å²) in [6.07, 6.45) is 2.72. The lowest BCUT2D eigenvalue weighted by Crippen LogP contribution is -2.42. The van der Waals surface area contributed by atoms with Crippen molar-refractivity contribution in [1.29, 1.82) is 0 Å². The van der Waals surface area contributed by atoms with Gasteiger partial charge in [-0.25, -0.2) is 4.79 Å². The summed E-state index contributed by atoms with van der Waals surface area (Å²) in [5, 5.41) is 11.6. The molecule has 1 fully saturated rings. The molecule has 0 aromatic heterocycles. The Labute approximate surface area is 231 Å². The Bertz CT molecular complexity index is 1010. The first-order valence-electron chi connectivity index (χ1n) is 14.9. The van der Waals surface area contributed by atoms with Gasteiger partial charge in [0.25, 0.3) is 0 Å². The SMILES string of the molecule is CC[Si](CC)(CC)O[C@H](C(=O)O[C@@H]1C[C@H](C)CC[C@H]1C(C)C)c1c(C)c2c(c(C)c1O)CN(C(C)=O)CC2. The van der Waals surface area contributed by atoms with E-state index in [4.69, 9.17) is 9.16 Å². The number of hydrogen-bond donors (Lipinski definition) is 1. The molecule has 6 nitrogen and oxygen atoms in total. The summed E-state index contributed by atoms with van der Waals surface area (Å²) in [7, 11) is -2.23. The Morgan fingerprint density at radius 1 is 1.05 bits per heavy atom. The Hall–Kier alpha value is -1.86. The lowest BCUT2D eigenvalue weighted by Gasteiger charge is -2.39. The van der Waals surface area contributed by atoms with Crippen molar-refractivity contribution in [3.8, 4) is 5.75 Å². The van der Waals surface area contributed by atoms with Crippen molar-refractivity contribution >= 4 is 20.2 Å². The first-order valence-corrected chi connectivity index (χ1v) is 17.4. The van der Waals surface area contributed by atoms with Crippen LogP contribution in [0.25, 0.3) is 0 Å². The van der Waals surface area contributed by atoms with E-state index >= 15 is 0 Å². The first-order chi connectivity index (χ1) is 17.9. The lowest BCUT2D eigenvalue weighted by molar-refractivity contribution is -0.165. The highest BCUT2D eigenvalue weighted by molar-refractivity contribution is 6.73. The van der Waals surface area contributed by atoms with E-state index in [0.29, 0.717) is 42.8 Å². The van der Waals surface area contributed by atoms with Gasteiger partial charge in [0.05, 0.1) is 0 Å². The lowest BCUT2D eigenvalue weighted by atomic mass is 9.75. The summed E-state index contributed by atoms with van der Waals surface area (Å²) in [6.45, 7) is 19.7. The van der Waals surface area contributed by atoms with Crippen LogP contribution in [0.15, 0.2) is 0 Å². The van der Waals surface area contributed by atoms with Crippen LogP contribution in [0.1, 0.15) is 102 Å². The number of phenolic OH excluding ortho intramolecular Hbond substituents is 1. The van der Waals surface area contributed by atoms with Crippen LogP contribution in [0, 0.1) is 31.6 Å². The topological polar surface area (TPSA) is 76.1 Å². The van der Waals surface area contributed by atoms with E-state index in [1.54, 1.807) is 6.92 Å². The van der Waals surface area contributed by atoms with Crippen LogP contribution < -0.4 is 0 Å². The van der Waals surface area contributed by atoms with E-state index in [-0.39, 0.29) is 23.7 Å². The van der Waals surface area contributed by atoms with Crippen molar-refractivity contribution in [2.24, 2.45) is 17.8 Å². The van der Waals surface area contributed by atoms with Gasteiger partial charge in [-0.3, -0.25) is 4.79 Å². The molecular formula is C31H51NO5Si. The third-order valence-corrected chi connectivity index (χ3v) is 14.3. The molecule has 1 aromatic rings. The molecule has 0 radical (unpaired) electrons. The molecule has 1 aromatic carbocycles. The number of phenols is 1. The monoisotopic (exact) mass is 545 g/mol. The molecule has 0 unspecified atom stereocenters. The zero-order valence-corrected chi connectivity index (χ0v) is 26.3. The van der Waals surface area contributed by atoms with Crippen LogP contribution in [0.4, 0.5) is 0 Å². The van der Waals surface area contributed by atoms with E-state index < -0.39 is 14.4 Å². The largest absolute Gasteiger partial charge is 0.507 e. The van der Waals surface area contributed by atoms with E-state index in [9.17, 15) is 14.7 Å². The number of rotatable bonds is 9. The minimum absolute atomic E-state index is 0.0343. The number of ether oxygens (including phenoxy) is 1. The summed E-state index contributed by atoms with van der Waals surface area (Å²) in [4.78, 5) is 28.0. The van der Waals surface area contributed by atoms with Crippen molar-refractivity contribution in [3.05, 3.63) is 27.8 Å². The Kier molecular flexibility index (Phi) is 10.1. The fourth-order valence-electron chi connectivity index (χ4n) is 6.73. The minimum Gasteiger partial charge on any atom is -0.507 e. The summed E-state index contributed by atoms with van der Waals surface area (Å²) in [5.41, 5.74) is 4.31. The van der Waals surface area contributed by atoms with Gasteiger partial charge in [0.1, 0.15) is 11.9 Å². The molecule has 1 heterocycles. The van der Waals surface area contributed by atoms with Crippen LogP contribution in [0.5, 0.6) is 5.75 Å². The normalized spacial score (nSPS) is 22.8. The number of aromatic hydroxyl groups is 1. The van der Waals surface area contributed by atoms with Gasteiger partial charge in [0, 0.05) is 25.6 Å². The molecule has 1 N–H and O–H groups in total. The van der Waals surface area contributed by atoms with Crippen molar-refractivity contribution in [2.45, 2.75) is 125 Å². The van der Waals surface area contributed by atoms with Crippen LogP contribution in [0.2, 0.25) is 18.1 Å². The zero-order chi connectivity index (χ0) is 28.4. The van der Waals surface area contributed by atoms with Crippen molar-refractivity contribution in [2.75, 3.05) is 6.54 Å². The average Bonchev–Trinajstić information content (AvgIpc) is 2.89. The quantitative estimate of drug-likeness (QED) is 0.268. The Balaban J connectivity index is 2.09. The highest BCUT2D eigenvalue weighted by Gasteiger charge is 2.42. The van der Waals surface area contributed by atoms with E-state index in [1.165, 1.54) is 0 Å². The molecule has 214 valence electrons. The number of fused-ring (bicyclic) bond motifs is 1. The third-order valence-electron chi connectivity index (χ3n) is 9.72. The molecule has 7 heteroatoms. The molecule has 3 rings (SSSR count). The molecular weight excluding hydrogens is 494 g/mol. The van der Waals surface area contributed by atoms with Crippen molar-refractivity contribution < 1.29 is 23.9 Å². The Morgan fingerprint density at radius 3 is 2.24 bits per heavy atom. The number of hydrogen-bond acceptors (Lipinski definition) is 5. The second-order valence-corrected chi connectivity index (χ2v) is 16.9. The van der Waals surface area contributed by atoms with Crippen LogP contribution >= 0.6 is 0 Å². The fraction of sp³-hybridized carbons (Fsp3) is 0.742. The molecule has 2 aliphatic rings. The van der Waals surface area contributed by atoms with Gasteiger partial charge in [0.15, 0.2) is 14.4 Å². The second-order valence-electron chi connectivity index (χ2n) is 12.2. The maximum atomic E-state index is 14.1. The molecule has 0 bridgehead atoms. The van der Waals surface area contributed by atoms with Gasteiger partial charge in [-0.15, -0.1) is 0 Å². The number of amides is 1. The molecule has 1 amide bonds. The van der Waals surface area contributed by atoms with E-state index in [2.05, 4.69) is 41.5 Å². The number of nitrogens with zero attached hydrogens (tertiary/aromatic N) is 1. The number of esters is 1. The average molecular weight is 546 g/mol. The van der Waals surface area contributed by atoms with Gasteiger partial charge < -0.3 is 19.2 Å². The van der Waals surface area contributed by atoms with Gasteiger partial charge in [-0.1, -0.05) is 48.0 Å². The van der Waals surface area contributed by atoms with Gasteiger partial charge >= 0.3 is 5.97 Å². The third kappa shape index (κ3) is 6.14. The molecule has 0 spiro atoms. The first kappa shape index (κ1) is 30.7. The summed E-state index contributed by atoms with van der Waals surface area (Å²) in [5.74, 6) is 1.06. The molecule has 1 aliphatic heterocycles. The maximum Gasteiger partial charge on any atom is 0.339 e. The van der Waals surface area contributed by atoms with Crippen LogP contribution in [-0.4, -0.2) is 42.8 Å². The smallest absolute Gasteiger partial charge is 0.339 e. The summed E-state index contributed by atoms with van der Waals surface area (Å²) < 4.78 is 13.3. The standard InChI is InChI=1S/C31H51NO5Si/c1-10-38(11-2,12-3)37-30(31(35)36-27-17-20(6)13-14-24(27)19(4)5)28-21(7)25-15-16-32(23(9)33)18-26(25)22(8)29(28)34/h19-20,24,27,30,34H,10-18H2,1-9H3/t20-,24+,27-,30+/m1/s1. The molecule has 1 saturated carbocycles. The molecule has 4 atom stereocenters. The Morgan fingerprint density at radius 2 is 1.68 bits per heavy atom. The molecule has 38 heavy (non-hydrogen) atoms. The van der Waals surface area contributed by atoms with E-state index in [1.807, 2.05) is 18.7 Å². The highest BCUT2D eigenvalue weighted by Crippen LogP contribution is 2.44. The summed E-state index contributed by atoms with van der Waals surface area (Å²) >= 11 is 0. The van der Waals surface area contributed by atoms with Crippen molar-refractivity contribution in [1.82, 2.24) is 4.90 Å². The van der Waals surface area contributed by atoms with E-state index in [0.717, 1.165) is 59.6 Å². The number of carbonyl (C=O) groups excluding carboxylic acids is 2. The molecule has 0 saturated heterocycles. The predicted octanol–water partition coefficient (Wildman–Crippen LogP) is 6.98. The van der Waals surface area contributed by atoms with Gasteiger partial charge in [0.2, 0.25) is 5.91 Å². The molecule has 1 aliphatic carbocycles. The summed E-state index contributed by atoms with van der Waals surface area (Å²) in [6, 6.07) is 2.70. The maximum absolute atomic E-state index is 14.1. The minimum atomic E-state index is -2.23.